The molecule has 3 amide bonds. The van der Waals surface area contributed by atoms with Gasteiger partial charge in [-0.15, -0.1) is 0 Å². The predicted molar refractivity (Wildman–Crippen MR) is 130 cm³/mol. The maximum atomic E-state index is 13.2. The first-order chi connectivity index (χ1) is 16.0. The molecular formula is C24H30N4O4S. The van der Waals surface area contributed by atoms with Gasteiger partial charge in [-0.05, 0) is 49.0 Å². The number of likely N-dealkylation sites (tertiary alicyclic amines) is 1. The summed E-state index contributed by atoms with van der Waals surface area (Å²) < 4.78 is 7.07. The molecule has 3 atom stereocenters. The summed E-state index contributed by atoms with van der Waals surface area (Å²) in [6.07, 6.45) is 3.48. The summed E-state index contributed by atoms with van der Waals surface area (Å²) in [6.45, 7) is 1.75. The molecule has 2 aromatic rings. The van der Waals surface area contributed by atoms with Gasteiger partial charge in [-0.3, -0.25) is 9.59 Å². The average Bonchev–Trinajstić information content (AvgIpc) is 2.82. The second-order valence-electron chi connectivity index (χ2n) is 8.61. The lowest BCUT2D eigenvalue weighted by molar-refractivity contribution is -0.118. The van der Waals surface area contributed by atoms with Crippen LogP contribution in [0.1, 0.15) is 24.5 Å². The van der Waals surface area contributed by atoms with Crippen LogP contribution in [-0.4, -0.2) is 59.7 Å². The third kappa shape index (κ3) is 5.35. The highest BCUT2D eigenvalue weighted by Gasteiger charge is 2.37. The molecule has 0 aliphatic carbocycles. The number of carbonyl (C=O) groups excluding carboxylic acids is 2. The number of hydrogen-bond donors (Lipinski definition) is 2. The van der Waals surface area contributed by atoms with Crippen molar-refractivity contribution in [2.24, 2.45) is 5.92 Å². The molecule has 2 aliphatic rings. The number of methoxy groups -OCH3 is 1. The summed E-state index contributed by atoms with van der Waals surface area (Å²) in [4.78, 5) is 40.2. The van der Waals surface area contributed by atoms with E-state index >= 15 is 0 Å². The summed E-state index contributed by atoms with van der Waals surface area (Å²) in [7, 11) is 1.57. The number of ether oxygens (including phenoxy) is 1. The van der Waals surface area contributed by atoms with E-state index in [0.717, 1.165) is 17.9 Å². The first-order valence-corrected chi connectivity index (χ1v) is 12.6. The first kappa shape index (κ1) is 23.2. The number of fused-ring (bicyclic) bond motifs is 4. The second-order valence-corrected chi connectivity index (χ2v) is 9.59. The van der Waals surface area contributed by atoms with E-state index in [1.54, 1.807) is 54.1 Å². The number of anilines is 1. The number of nitrogens with zero attached hydrogens (tertiary/aromatic N) is 2. The third-order valence-electron chi connectivity index (χ3n) is 6.33. The number of rotatable bonds is 7. The molecule has 4 rings (SSSR count). The lowest BCUT2D eigenvalue weighted by atomic mass is 9.83. The van der Waals surface area contributed by atoms with Crippen molar-refractivity contribution in [3.63, 3.8) is 0 Å². The van der Waals surface area contributed by atoms with Gasteiger partial charge in [0.05, 0.1) is 7.11 Å². The van der Waals surface area contributed by atoms with Gasteiger partial charge in [0.25, 0.3) is 5.56 Å². The number of carbonyl (C=O) groups is 2. The molecule has 0 spiro atoms. The van der Waals surface area contributed by atoms with Gasteiger partial charge in [-0.1, -0.05) is 12.1 Å². The van der Waals surface area contributed by atoms with Crippen molar-refractivity contribution < 1.29 is 14.3 Å². The number of amides is 3. The molecule has 0 saturated carbocycles. The maximum absolute atomic E-state index is 13.2. The van der Waals surface area contributed by atoms with Gasteiger partial charge in [0.15, 0.2) is 0 Å². The van der Waals surface area contributed by atoms with Crippen LogP contribution in [0.3, 0.4) is 0 Å². The average molecular weight is 471 g/mol. The fourth-order valence-corrected chi connectivity index (χ4v) is 5.21. The van der Waals surface area contributed by atoms with Gasteiger partial charge in [0.2, 0.25) is 5.91 Å². The number of aromatic nitrogens is 1. The number of nitrogens with one attached hydrogen (secondary N) is 2. The Bertz CT molecular complexity index is 1070. The van der Waals surface area contributed by atoms with Crippen molar-refractivity contribution in [3.05, 3.63) is 58.5 Å². The maximum Gasteiger partial charge on any atom is 0.318 e. The van der Waals surface area contributed by atoms with Crippen molar-refractivity contribution in [1.82, 2.24) is 14.8 Å². The van der Waals surface area contributed by atoms with E-state index in [9.17, 15) is 14.4 Å². The fraction of sp³-hybridized carbons (Fsp3) is 0.458. The molecule has 2 unspecified atom stereocenters. The zero-order chi connectivity index (χ0) is 23.4. The summed E-state index contributed by atoms with van der Waals surface area (Å²) >= 11 is 1.63. The number of piperidine rings is 1. The van der Waals surface area contributed by atoms with E-state index in [1.807, 2.05) is 23.0 Å². The quantitative estimate of drug-likeness (QED) is 0.649. The number of pyridine rings is 1. The molecule has 1 aromatic carbocycles. The summed E-state index contributed by atoms with van der Waals surface area (Å²) in [5.41, 5.74) is 1.63. The smallest absolute Gasteiger partial charge is 0.318 e. The topological polar surface area (TPSA) is 92.7 Å². The second kappa shape index (κ2) is 10.3. The first-order valence-electron chi connectivity index (χ1n) is 11.2. The molecule has 1 aromatic heterocycles. The van der Waals surface area contributed by atoms with Crippen LogP contribution in [0.25, 0.3) is 0 Å². The molecule has 9 heteroatoms. The molecule has 1 fully saturated rings. The van der Waals surface area contributed by atoms with E-state index in [1.165, 1.54) is 0 Å². The Hall–Kier alpha value is -2.94. The van der Waals surface area contributed by atoms with Crippen LogP contribution in [0, 0.1) is 5.92 Å². The summed E-state index contributed by atoms with van der Waals surface area (Å²) in [6, 6.07) is 11.6. The van der Waals surface area contributed by atoms with E-state index in [-0.39, 0.29) is 29.3 Å². The van der Waals surface area contributed by atoms with Crippen molar-refractivity contribution in [2.45, 2.75) is 31.3 Å². The molecule has 0 radical (unpaired) electrons. The number of hydrogen-bond acceptors (Lipinski definition) is 5. The minimum Gasteiger partial charge on any atom is -0.497 e. The monoisotopic (exact) mass is 470 g/mol. The van der Waals surface area contributed by atoms with Crippen LogP contribution in [-0.2, 0) is 11.3 Å². The van der Waals surface area contributed by atoms with Crippen LogP contribution in [0.5, 0.6) is 5.75 Å². The molecular weight excluding hydrogens is 440 g/mol. The van der Waals surface area contributed by atoms with Gasteiger partial charge >= 0.3 is 6.03 Å². The lowest BCUT2D eigenvalue weighted by Crippen LogP contribution is -2.55. The van der Waals surface area contributed by atoms with Crippen LogP contribution in [0.2, 0.25) is 0 Å². The standard InChI is InChI=1S/C24H30N4O4S/c1-32-19-6-3-5-18(12-19)25-23(30)20(9-10-33-2)26-24(31)27-13-16-11-17(15-27)21-7-4-8-22(29)28(21)14-16/h3-8,12,16-17,20H,9-11,13-15H2,1-2H3,(H,25,30)(H,26,31)/t16?,17?,20-/m0/s1. The lowest BCUT2D eigenvalue weighted by Gasteiger charge is -2.43. The Morgan fingerprint density at radius 3 is 2.79 bits per heavy atom. The molecule has 1 saturated heterocycles. The van der Waals surface area contributed by atoms with E-state index in [2.05, 4.69) is 10.6 Å². The zero-order valence-corrected chi connectivity index (χ0v) is 19.8. The van der Waals surface area contributed by atoms with Crippen LogP contribution in [0.15, 0.2) is 47.3 Å². The Balaban J connectivity index is 1.44. The SMILES string of the molecule is COc1cccc(NC(=O)[C@H](CCSC)NC(=O)N2CC3CC(C2)c2cccc(=O)n2C3)c1. The molecule has 33 heavy (non-hydrogen) atoms. The minimum absolute atomic E-state index is 0.0199. The highest BCUT2D eigenvalue weighted by Crippen LogP contribution is 2.34. The van der Waals surface area contributed by atoms with Crippen LogP contribution in [0.4, 0.5) is 10.5 Å². The van der Waals surface area contributed by atoms with Gasteiger partial charge in [-0.2, -0.15) is 11.8 Å². The number of benzene rings is 1. The van der Waals surface area contributed by atoms with Crippen LogP contribution < -0.4 is 20.9 Å². The normalized spacial score (nSPS) is 19.9. The summed E-state index contributed by atoms with van der Waals surface area (Å²) in [5.74, 6) is 1.51. The van der Waals surface area contributed by atoms with Crippen molar-refractivity contribution in [1.29, 1.82) is 0 Å². The summed E-state index contributed by atoms with van der Waals surface area (Å²) in [5, 5.41) is 5.85. The van der Waals surface area contributed by atoms with Crippen LogP contribution >= 0.6 is 11.8 Å². The Morgan fingerprint density at radius 2 is 2.00 bits per heavy atom. The molecule has 2 aliphatic heterocycles. The Morgan fingerprint density at radius 1 is 1.18 bits per heavy atom. The van der Waals surface area contributed by atoms with E-state index < -0.39 is 6.04 Å². The molecule has 3 heterocycles. The molecule has 176 valence electrons. The van der Waals surface area contributed by atoms with Gasteiger partial charge in [0, 0.05) is 49.1 Å². The van der Waals surface area contributed by atoms with Crippen molar-refractivity contribution in [2.75, 3.05) is 37.5 Å². The largest absolute Gasteiger partial charge is 0.497 e. The fourth-order valence-electron chi connectivity index (χ4n) is 4.74. The Kier molecular flexibility index (Phi) is 7.27. The van der Waals surface area contributed by atoms with Gasteiger partial charge in [-0.25, -0.2) is 4.79 Å². The minimum atomic E-state index is -0.646. The van der Waals surface area contributed by atoms with Crippen molar-refractivity contribution >= 4 is 29.4 Å². The highest BCUT2D eigenvalue weighted by atomic mass is 32.2. The number of urea groups is 1. The van der Waals surface area contributed by atoms with E-state index in [4.69, 9.17) is 4.74 Å². The van der Waals surface area contributed by atoms with Gasteiger partial charge < -0.3 is 24.8 Å². The molecule has 2 N–H and O–H groups in total. The van der Waals surface area contributed by atoms with Crippen molar-refractivity contribution in [3.8, 4) is 5.75 Å². The number of thioether (sulfide) groups is 1. The predicted octanol–water partition coefficient (Wildman–Crippen LogP) is 2.75. The molecule has 8 nitrogen and oxygen atoms in total. The zero-order valence-electron chi connectivity index (χ0n) is 19.0. The molecule has 2 bridgehead atoms. The van der Waals surface area contributed by atoms with E-state index in [0.29, 0.717) is 37.5 Å². The van der Waals surface area contributed by atoms with Gasteiger partial charge in [0.1, 0.15) is 11.8 Å². The highest BCUT2D eigenvalue weighted by molar-refractivity contribution is 7.98. The Labute approximate surface area is 197 Å². The third-order valence-corrected chi connectivity index (χ3v) is 6.97.